The zero-order chi connectivity index (χ0) is 16.9. The Kier molecular flexibility index (Phi) is 10.3. The summed E-state index contributed by atoms with van der Waals surface area (Å²) >= 11 is 0. The zero-order valence-electron chi connectivity index (χ0n) is 14.4. The first-order valence-electron chi connectivity index (χ1n) is 8.96. The van der Waals surface area contributed by atoms with Gasteiger partial charge < -0.3 is 20.1 Å². The van der Waals surface area contributed by atoms with Crippen LogP contribution >= 0.6 is 0 Å². The molecule has 23 heavy (non-hydrogen) atoms. The van der Waals surface area contributed by atoms with Gasteiger partial charge in [-0.25, -0.2) is 0 Å². The fourth-order valence-electron chi connectivity index (χ4n) is 2.63. The van der Waals surface area contributed by atoms with E-state index in [0.29, 0.717) is 18.8 Å². The third-order valence-corrected chi connectivity index (χ3v) is 4.04. The summed E-state index contributed by atoms with van der Waals surface area (Å²) in [6, 6.07) is 2.82. The second kappa shape index (κ2) is 12.1. The molecule has 0 saturated heterocycles. The van der Waals surface area contributed by atoms with Crippen LogP contribution in [0.25, 0.3) is 0 Å². The SMILES string of the molecule is CCCCCCCCCCCCOCc1cc(O)c(O)c(O)c1. The van der Waals surface area contributed by atoms with Crippen molar-refractivity contribution in [2.75, 3.05) is 6.61 Å². The van der Waals surface area contributed by atoms with Crippen LogP contribution in [0.3, 0.4) is 0 Å². The average molecular weight is 324 g/mol. The number of hydrogen-bond acceptors (Lipinski definition) is 4. The number of ether oxygens (including phenoxy) is 1. The first-order chi connectivity index (χ1) is 11.1. The van der Waals surface area contributed by atoms with E-state index in [1.807, 2.05) is 0 Å². The van der Waals surface area contributed by atoms with Gasteiger partial charge in [0.15, 0.2) is 17.2 Å². The highest BCUT2D eigenvalue weighted by molar-refractivity contribution is 5.50. The van der Waals surface area contributed by atoms with Crippen molar-refractivity contribution in [2.45, 2.75) is 77.7 Å². The van der Waals surface area contributed by atoms with Crippen molar-refractivity contribution in [3.8, 4) is 17.2 Å². The molecule has 0 unspecified atom stereocenters. The fourth-order valence-corrected chi connectivity index (χ4v) is 2.63. The van der Waals surface area contributed by atoms with Crippen molar-refractivity contribution in [1.82, 2.24) is 0 Å². The zero-order valence-corrected chi connectivity index (χ0v) is 14.4. The summed E-state index contributed by atoms with van der Waals surface area (Å²) in [6.45, 7) is 3.26. The lowest BCUT2D eigenvalue weighted by molar-refractivity contribution is 0.116. The molecule has 0 aliphatic carbocycles. The minimum Gasteiger partial charge on any atom is -0.504 e. The van der Waals surface area contributed by atoms with Crippen molar-refractivity contribution < 1.29 is 20.1 Å². The van der Waals surface area contributed by atoms with E-state index in [1.54, 1.807) is 0 Å². The van der Waals surface area contributed by atoms with Crippen LogP contribution in [0.15, 0.2) is 12.1 Å². The van der Waals surface area contributed by atoms with Crippen LogP contribution in [-0.4, -0.2) is 21.9 Å². The second-order valence-corrected chi connectivity index (χ2v) is 6.22. The minimum atomic E-state index is -0.483. The predicted molar refractivity (Wildman–Crippen MR) is 92.9 cm³/mol. The lowest BCUT2D eigenvalue weighted by Gasteiger charge is -2.07. The third kappa shape index (κ3) is 8.70. The van der Waals surface area contributed by atoms with Crippen LogP contribution in [0.2, 0.25) is 0 Å². The van der Waals surface area contributed by atoms with Gasteiger partial charge in [0.25, 0.3) is 0 Å². The van der Waals surface area contributed by atoms with E-state index in [9.17, 15) is 15.3 Å². The van der Waals surface area contributed by atoms with Crippen molar-refractivity contribution in [1.29, 1.82) is 0 Å². The van der Waals surface area contributed by atoms with Gasteiger partial charge >= 0.3 is 0 Å². The molecule has 1 rings (SSSR count). The molecule has 0 amide bonds. The molecule has 1 aromatic carbocycles. The molecule has 1 aromatic rings. The molecule has 0 spiro atoms. The van der Waals surface area contributed by atoms with Crippen LogP contribution in [-0.2, 0) is 11.3 Å². The summed E-state index contributed by atoms with van der Waals surface area (Å²) in [4.78, 5) is 0. The molecule has 0 heterocycles. The lowest BCUT2D eigenvalue weighted by atomic mass is 10.1. The lowest BCUT2D eigenvalue weighted by Crippen LogP contribution is -1.96. The topological polar surface area (TPSA) is 69.9 Å². The van der Waals surface area contributed by atoms with E-state index in [-0.39, 0.29) is 11.5 Å². The molecule has 0 bridgehead atoms. The van der Waals surface area contributed by atoms with E-state index in [2.05, 4.69) is 6.92 Å². The van der Waals surface area contributed by atoms with Crippen LogP contribution < -0.4 is 0 Å². The van der Waals surface area contributed by atoms with Crippen molar-refractivity contribution >= 4 is 0 Å². The van der Waals surface area contributed by atoms with E-state index >= 15 is 0 Å². The number of phenolic OH excluding ortho intramolecular Hbond substituents is 3. The molecule has 3 N–H and O–H groups in total. The van der Waals surface area contributed by atoms with E-state index < -0.39 is 5.75 Å². The van der Waals surface area contributed by atoms with Gasteiger partial charge in [0.05, 0.1) is 6.61 Å². The molecule has 0 atom stereocenters. The summed E-state index contributed by atoms with van der Waals surface area (Å²) in [5, 5.41) is 28.1. The molecule has 132 valence electrons. The Balaban J connectivity index is 1.96. The van der Waals surface area contributed by atoms with Crippen molar-refractivity contribution in [2.24, 2.45) is 0 Å². The van der Waals surface area contributed by atoms with Gasteiger partial charge in [-0.2, -0.15) is 0 Å². The van der Waals surface area contributed by atoms with Crippen molar-refractivity contribution in [3.63, 3.8) is 0 Å². The summed E-state index contributed by atoms with van der Waals surface area (Å²) in [5.74, 6) is -1.12. The van der Waals surface area contributed by atoms with Gasteiger partial charge in [-0.15, -0.1) is 0 Å². The summed E-state index contributed by atoms with van der Waals surface area (Å²) in [7, 11) is 0. The maximum absolute atomic E-state index is 9.41. The number of aromatic hydroxyl groups is 3. The van der Waals surface area contributed by atoms with Crippen molar-refractivity contribution in [3.05, 3.63) is 17.7 Å². The first-order valence-corrected chi connectivity index (χ1v) is 8.96. The Morgan fingerprint density at radius 3 is 1.74 bits per heavy atom. The summed E-state index contributed by atoms with van der Waals surface area (Å²) in [5.41, 5.74) is 0.657. The number of phenols is 3. The predicted octanol–water partition coefficient (Wildman–Crippen LogP) is 5.24. The van der Waals surface area contributed by atoms with E-state index in [1.165, 1.54) is 69.9 Å². The summed E-state index contributed by atoms with van der Waals surface area (Å²) < 4.78 is 5.54. The number of unbranched alkanes of at least 4 members (excludes halogenated alkanes) is 9. The van der Waals surface area contributed by atoms with Gasteiger partial charge in [-0.3, -0.25) is 0 Å². The Bertz CT molecular complexity index is 408. The molecular weight excluding hydrogens is 292 g/mol. The Morgan fingerprint density at radius 2 is 1.22 bits per heavy atom. The second-order valence-electron chi connectivity index (χ2n) is 6.22. The van der Waals surface area contributed by atoms with Gasteiger partial charge in [0.2, 0.25) is 0 Å². The number of rotatable bonds is 13. The molecule has 0 aliphatic heterocycles. The van der Waals surface area contributed by atoms with E-state index in [0.717, 1.165) is 6.42 Å². The van der Waals surface area contributed by atoms with Gasteiger partial charge in [0.1, 0.15) is 0 Å². The Morgan fingerprint density at radius 1 is 0.739 bits per heavy atom. The first kappa shape index (κ1) is 19.6. The van der Waals surface area contributed by atoms with Gasteiger partial charge in [0, 0.05) is 6.61 Å². The molecular formula is C19H32O4. The van der Waals surface area contributed by atoms with Crippen LogP contribution in [0.1, 0.15) is 76.7 Å². The highest BCUT2D eigenvalue weighted by Crippen LogP contribution is 2.35. The number of benzene rings is 1. The smallest absolute Gasteiger partial charge is 0.200 e. The van der Waals surface area contributed by atoms with Crippen LogP contribution in [0, 0.1) is 0 Å². The largest absolute Gasteiger partial charge is 0.504 e. The monoisotopic (exact) mass is 324 g/mol. The highest BCUT2D eigenvalue weighted by Gasteiger charge is 2.07. The highest BCUT2D eigenvalue weighted by atomic mass is 16.5. The molecule has 0 fully saturated rings. The quantitative estimate of drug-likeness (QED) is 0.343. The molecule has 0 aliphatic rings. The molecule has 0 saturated carbocycles. The summed E-state index contributed by atoms with van der Waals surface area (Å²) in [6.07, 6.45) is 12.9. The maximum atomic E-state index is 9.41. The maximum Gasteiger partial charge on any atom is 0.200 e. The molecule has 4 heteroatoms. The van der Waals surface area contributed by atoms with E-state index in [4.69, 9.17) is 4.74 Å². The third-order valence-electron chi connectivity index (χ3n) is 4.04. The van der Waals surface area contributed by atoms with Gasteiger partial charge in [-0.05, 0) is 24.1 Å². The number of hydrogen-bond donors (Lipinski definition) is 3. The Labute approximate surface area is 140 Å². The minimum absolute atomic E-state index is 0.317. The Hall–Kier alpha value is -1.42. The average Bonchev–Trinajstić information content (AvgIpc) is 2.53. The molecule has 0 radical (unpaired) electrons. The molecule has 4 nitrogen and oxygen atoms in total. The normalized spacial score (nSPS) is 11.0. The van der Waals surface area contributed by atoms with Gasteiger partial charge in [-0.1, -0.05) is 64.7 Å². The van der Waals surface area contributed by atoms with Crippen LogP contribution in [0.5, 0.6) is 17.2 Å². The molecule has 0 aromatic heterocycles. The fraction of sp³-hybridized carbons (Fsp3) is 0.684. The standard InChI is InChI=1S/C19H32O4/c1-2-3-4-5-6-7-8-9-10-11-12-23-15-16-13-17(20)19(22)18(21)14-16/h13-14,20-22H,2-12,15H2,1H3. The van der Waals surface area contributed by atoms with Crippen LogP contribution in [0.4, 0.5) is 0 Å².